The summed E-state index contributed by atoms with van der Waals surface area (Å²) in [7, 11) is 1.79. The van der Waals surface area contributed by atoms with Crippen molar-refractivity contribution in [3.05, 3.63) is 37.5 Å². The second-order valence-electron chi connectivity index (χ2n) is 5.34. The molecule has 1 atom stereocenters. The van der Waals surface area contributed by atoms with Gasteiger partial charge in [-0.2, -0.15) is 0 Å². The zero-order valence-electron chi connectivity index (χ0n) is 12.3. The fraction of sp³-hybridized carbons (Fsp3) is 0.400. The van der Waals surface area contributed by atoms with E-state index in [2.05, 4.69) is 4.98 Å². The van der Waals surface area contributed by atoms with E-state index in [9.17, 15) is 9.59 Å². The molecule has 2 aromatic heterocycles. The lowest BCUT2D eigenvalue weighted by Gasteiger charge is -2.30. The Morgan fingerprint density at radius 1 is 1.32 bits per heavy atom. The number of aromatic carboxylic acids is 1. The molecule has 0 bridgehead atoms. The number of carboxylic acids is 1. The number of fused-ring (bicyclic) bond motifs is 1. The maximum atomic E-state index is 12.6. The number of hydrogen-bond acceptors (Lipinski definition) is 5. The van der Waals surface area contributed by atoms with Gasteiger partial charge < -0.3 is 10.0 Å². The molecule has 1 aliphatic rings. The maximum absolute atomic E-state index is 12.6. The molecule has 3 rings (SSSR count). The van der Waals surface area contributed by atoms with E-state index in [0.717, 1.165) is 41.3 Å². The lowest BCUT2D eigenvalue weighted by Crippen LogP contribution is -2.32. The van der Waals surface area contributed by atoms with Gasteiger partial charge in [-0.25, -0.2) is 9.78 Å². The molecular formula is C15H16N2O3S2. The molecule has 116 valence electrons. The van der Waals surface area contributed by atoms with Crippen molar-refractivity contribution in [2.24, 2.45) is 0 Å². The molecule has 1 aliphatic carbocycles. The highest BCUT2D eigenvalue weighted by Gasteiger charge is 2.30. The number of nitrogens with zero attached hydrogens (tertiary/aromatic N) is 2. The van der Waals surface area contributed by atoms with Gasteiger partial charge in [0.25, 0.3) is 5.91 Å². The lowest BCUT2D eigenvalue weighted by molar-refractivity contribution is 0.0700. The van der Waals surface area contributed by atoms with Crippen molar-refractivity contribution in [2.75, 3.05) is 7.05 Å². The Morgan fingerprint density at radius 3 is 2.73 bits per heavy atom. The monoisotopic (exact) mass is 336 g/mol. The van der Waals surface area contributed by atoms with Gasteiger partial charge in [-0.05, 0) is 38.3 Å². The smallest absolute Gasteiger partial charge is 0.345 e. The van der Waals surface area contributed by atoms with Gasteiger partial charge in [0, 0.05) is 7.05 Å². The van der Waals surface area contributed by atoms with E-state index in [-0.39, 0.29) is 16.8 Å². The predicted octanol–water partition coefficient (Wildman–Crippen LogP) is 3.36. The molecule has 0 saturated heterocycles. The first kappa shape index (κ1) is 15.2. The zero-order chi connectivity index (χ0) is 15.9. The highest BCUT2D eigenvalue weighted by Crippen LogP contribution is 2.38. The third-order valence-corrected chi connectivity index (χ3v) is 6.02. The van der Waals surface area contributed by atoms with Gasteiger partial charge in [0.05, 0.1) is 26.5 Å². The molecule has 7 heteroatoms. The van der Waals surface area contributed by atoms with Gasteiger partial charge >= 0.3 is 5.97 Å². The minimum absolute atomic E-state index is 0.0397. The fourth-order valence-electron chi connectivity index (χ4n) is 2.77. The molecular weight excluding hydrogens is 320 g/mol. The van der Waals surface area contributed by atoms with E-state index < -0.39 is 5.97 Å². The first-order valence-corrected chi connectivity index (χ1v) is 8.67. The quantitative estimate of drug-likeness (QED) is 0.933. The van der Waals surface area contributed by atoms with Gasteiger partial charge in [0.15, 0.2) is 0 Å². The molecule has 5 nitrogen and oxygen atoms in total. The summed E-state index contributed by atoms with van der Waals surface area (Å²) in [5, 5.41) is 10.0. The van der Waals surface area contributed by atoms with Crippen LogP contribution >= 0.6 is 22.7 Å². The number of thiophene rings is 1. The first-order chi connectivity index (χ1) is 10.5. The lowest BCUT2D eigenvalue weighted by atomic mass is 9.97. The van der Waals surface area contributed by atoms with E-state index in [0.29, 0.717) is 4.88 Å². The summed E-state index contributed by atoms with van der Waals surface area (Å²) in [6, 6.07) is 3.11. The molecule has 2 heterocycles. The Labute approximate surface area is 136 Å². The van der Waals surface area contributed by atoms with Crippen LogP contribution in [-0.2, 0) is 6.42 Å². The molecule has 1 amide bonds. The van der Waals surface area contributed by atoms with Crippen molar-refractivity contribution in [3.8, 4) is 0 Å². The number of carbonyl (C=O) groups is 2. The normalized spacial score (nSPS) is 17.1. The highest BCUT2D eigenvalue weighted by molar-refractivity contribution is 7.15. The van der Waals surface area contributed by atoms with Crippen molar-refractivity contribution >= 4 is 34.6 Å². The Kier molecular flexibility index (Phi) is 4.01. The summed E-state index contributed by atoms with van der Waals surface area (Å²) in [6.07, 6.45) is 2.91. The summed E-state index contributed by atoms with van der Waals surface area (Å²) in [6.45, 7) is 1.99. The Morgan fingerprint density at radius 2 is 2.05 bits per heavy atom. The molecule has 0 fully saturated rings. The maximum Gasteiger partial charge on any atom is 0.345 e. The van der Waals surface area contributed by atoms with Crippen molar-refractivity contribution in [2.45, 2.75) is 32.2 Å². The zero-order valence-corrected chi connectivity index (χ0v) is 14.0. The van der Waals surface area contributed by atoms with E-state index in [1.54, 1.807) is 29.4 Å². The van der Waals surface area contributed by atoms with Gasteiger partial charge in [-0.15, -0.1) is 22.7 Å². The van der Waals surface area contributed by atoms with Gasteiger partial charge in [0.2, 0.25) is 0 Å². The summed E-state index contributed by atoms with van der Waals surface area (Å²) < 4.78 is 0. The van der Waals surface area contributed by atoms with Crippen LogP contribution in [0.2, 0.25) is 0 Å². The van der Waals surface area contributed by atoms with Crippen molar-refractivity contribution in [3.63, 3.8) is 0 Å². The Balaban J connectivity index is 1.85. The number of thiazole rings is 1. The number of rotatable bonds is 3. The van der Waals surface area contributed by atoms with Gasteiger partial charge in [-0.3, -0.25) is 4.79 Å². The standard InChI is InChI=1S/C15H16N2O3S2/c1-8-16-9-4-3-5-10(13(9)21-8)17(2)14(18)11-6-7-12(22-11)15(19)20/h6-7,10H,3-5H2,1-2H3,(H,19,20)/t10-/m0/s1. The van der Waals surface area contributed by atoms with Crippen LogP contribution in [0, 0.1) is 6.92 Å². The minimum Gasteiger partial charge on any atom is -0.477 e. The SMILES string of the molecule is Cc1nc2c(s1)[C@@H](N(C)C(=O)c1ccc(C(=O)O)s1)CCC2. The number of amides is 1. The van der Waals surface area contributed by atoms with E-state index >= 15 is 0 Å². The van der Waals surface area contributed by atoms with Crippen LogP contribution in [0.4, 0.5) is 0 Å². The van der Waals surface area contributed by atoms with Crippen LogP contribution < -0.4 is 0 Å². The predicted molar refractivity (Wildman–Crippen MR) is 85.9 cm³/mol. The van der Waals surface area contributed by atoms with Gasteiger partial charge in [0.1, 0.15) is 4.88 Å². The second kappa shape index (κ2) is 5.81. The molecule has 0 saturated carbocycles. The summed E-state index contributed by atoms with van der Waals surface area (Å²) >= 11 is 2.68. The van der Waals surface area contributed by atoms with E-state index in [1.165, 1.54) is 10.9 Å². The van der Waals surface area contributed by atoms with Crippen molar-refractivity contribution in [1.29, 1.82) is 0 Å². The highest BCUT2D eigenvalue weighted by atomic mass is 32.1. The number of carboxylic acid groups (broad SMARTS) is 1. The van der Waals surface area contributed by atoms with Crippen LogP contribution in [0.15, 0.2) is 12.1 Å². The number of hydrogen-bond donors (Lipinski definition) is 1. The van der Waals surface area contributed by atoms with Crippen molar-refractivity contribution < 1.29 is 14.7 Å². The van der Waals surface area contributed by atoms with E-state index in [4.69, 9.17) is 5.11 Å². The van der Waals surface area contributed by atoms with E-state index in [1.807, 2.05) is 6.92 Å². The molecule has 1 N–H and O–H groups in total. The summed E-state index contributed by atoms with van der Waals surface area (Å²) in [4.78, 5) is 31.7. The number of aryl methyl sites for hydroxylation is 2. The molecule has 0 radical (unpaired) electrons. The molecule has 2 aromatic rings. The minimum atomic E-state index is -0.996. The molecule has 22 heavy (non-hydrogen) atoms. The fourth-order valence-corrected chi connectivity index (χ4v) is 4.75. The van der Waals surface area contributed by atoms with Crippen molar-refractivity contribution in [1.82, 2.24) is 9.88 Å². The molecule has 0 spiro atoms. The molecule has 0 aliphatic heterocycles. The molecule has 0 aromatic carbocycles. The van der Waals surface area contributed by atoms with Crippen LogP contribution in [0.5, 0.6) is 0 Å². The summed E-state index contributed by atoms with van der Waals surface area (Å²) in [5.74, 6) is -1.12. The number of carbonyl (C=O) groups excluding carboxylic acids is 1. The van der Waals surface area contributed by atoms with Crippen LogP contribution in [-0.4, -0.2) is 33.9 Å². The summed E-state index contributed by atoms with van der Waals surface area (Å²) in [5.41, 5.74) is 1.11. The largest absolute Gasteiger partial charge is 0.477 e. The third kappa shape index (κ3) is 2.66. The molecule has 0 unspecified atom stereocenters. The first-order valence-electron chi connectivity index (χ1n) is 7.04. The van der Waals surface area contributed by atoms with Crippen LogP contribution in [0.25, 0.3) is 0 Å². The third-order valence-electron chi connectivity index (χ3n) is 3.84. The van der Waals surface area contributed by atoms with Gasteiger partial charge in [-0.1, -0.05) is 0 Å². The average molecular weight is 336 g/mol. The van der Waals surface area contributed by atoms with Crippen LogP contribution in [0.3, 0.4) is 0 Å². The average Bonchev–Trinajstić information content (AvgIpc) is 3.10. The number of aromatic nitrogens is 1. The van der Waals surface area contributed by atoms with Crippen LogP contribution in [0.1, 0.15) is 53.8 Å². The topological polar surface area (TPSA) is 70.5 Å². The Hall–Kier alpha value is -1.73. The Bertz CT molecular complexity index is 735. The second-order valence-corrected chi connectivity index (χ2v) is 7.66.